The Kier molecular flexibility index (Phi) is 2.52. The van der Waals surface area contributed by atoms with Gasteiger partial charge in [0.05, 0.1) is 11.1 Å². The monoisotopic (exact) mass is 253 g/mol. The Balaban J connectivity index is 2.06. The number of fused-ring (bicyclic) bond motifs is 1. The number of carboxylic acid groups (broad SMARTS) is 1. The fourth-order valence-electron chi connectivity index (χ4n) is 1.89. The standard InChI is InChI=1S/C14H11N3O2/c1-8-2-7-11-13(15-8)17-12(16-11)9-3-5-10(6-4-9)14(18)19/h2-7H,1H3,(H,18,19)(H,15,16,17). The van der Waals surface area contributed by atoms with Gasteiger partial charge < -0.3 is 10.1 Å². The molecule has 2 heterocycles. The molecule has 0 atom stereocenters. The first-order chi connectivity index (χ1) is 9.13. The van der Waals surface area contributed by atoms with Crippen molar-refractivity contribution in [2.75, 3.05) is 0 Å². The normalized spacial score (nSPS) is 10.8. The zero-order valence-electron chi connectivity index (χ0n) is 10.2. The fraction of sp³-hybridized carbons (Fsp3) is 0.0714. The Bertz CT molecular complexity index is 760. The Morgan fingerprint density at radius 2 is 1.84 bits per heavy atom. The highest BCUT2D eigenvalue weighted by molar-refractivity contribution is 5.88. The van der Waals surface area contributed by atoms with Gasteiger partial charge in [0, 0.05) is 11.3 Å². The number of rotatable bonds is 2. The van der Waals surface area contributed by atoms with Crippen molar-refractivity contribution in [1.29, 1.82) is 0 Å². The number of H-pyrrole nitrogens is 1. The van der Waals surface area contributed by atoms with Crippen LogP contribution in [0.4, 0.5) is 0 Å². The molecule has 3 aromatic rings. The molecule has 5 heteroatoms. The minimum Gasteiger partial charge on any atom is -0.478 e. The predicted octanol–water partition coefficient (Wildman–Crippen LogP) is 2.63. The first-order valence-corrected chi connectivity index (χ1v) is 5.80. The number of carboxylic acids is 1. The summed E-state index contributed by atoms with van der Waals surface area (Å²) in [6.45, 7) is 1.91. The highest BCUT2D eigenvalue weighted by Crippen LogP contribution is 2.20. The van der Waals surface area contributed by atoms with Crippen LogP contribution in [0.15, 0.2) is 36.4 Å². The molecular formula is C14H11N3O2. The molecule has 2 aromatic heterocycles. The summed E-state index contributed by atoms with van der Waals surface area (Å²) in [7, 11) is 0. The van der Waals surface area contributed by atoms with Gasteiger partial charge in [0.2, 0.25) is 0 Å². The van der Waals surface area contributed by atoms with Crippen molar-refractivity contribution in [1.82, 2.24) is 15.0 Å². The Morgan fingerprint density at radius 1 is 1.11 bits per heavy atom. The molecule has 0 bridgehead atoms. The second-order valence-electron chi connectivity index (χ2n) is 4.29. The van der Waals surface area contributed by atoms with Crippen LogP contribution >= 0.6 is 0 Å². The average Bonchev–Trinajstić information content (AvgIpc) is 2.81. The van der Waals surface area contributed by atoms with Crippen LogP contribution in [0.1, 0.15) is 16.1 Å². The number of hydrogen-bond acceptors (Lipinski definition) is 3. The molecule has 1 aromatic carbocycles. The van der Waals surface area contributed by atoms with Gasteiger partial charge >= 0.3 is 5.97 Å². The van der Waals surface area contributed by atoms with Gasteiger partial charge in [-0.15, -0.1) is 0 Å². The zero-order valence-corrected chi connectivity index (χ0v) is 10.2. The van der Waals surface area contributed by atoms with E-state index >= 15 is 0 Å². The molecule has 0 aliphatic rings. The molecule has 3 rings (SSSR count). The minimum absolute atomic E-state index is 0.258. The van der Waals surface area contributed by atoms with E-state index < -0.39 is 5.97 Å². The number of hydrogen-bond donors (Lipinski definition) is 2. The van der Waals surface area contributed by atoms with Crippen LogP contribution in [-0.2, 0) is 0 Å². The lowest BCUT2D eigenvalue weighted by molar-refractivity contribution is 0.0697. The second-order valence-corrected chi connectivity index (χ2v) is 4.29. The first kappa shape index (κ1) is 11.4. The first-order valence-electron chi connectivity index (χ1n) is 5.80. The van der Waals surface area contributed by atoms with Crippen molar-refractivity contribution in [3.05, 3.63) is 47.7 Å². The highest BCUT2D eigenvalue weighted by Gasteiger charge is 2.08. The summed E-state index contributed by atoms with van der Waals surface area (Å²) >= 11 is 0. The van der Waals surface area contributed by atoms with E-state index in [1.165, 1.54) is 0 Å². The van der Waals surface area contributed by atoms with Crippen molar-refractivity contribution >= 4 is 17.1 Å². The molecule has 0 amide bonds. The van der Waals surface area contributed by atoms with Crippen molar-refractivity contribution in [2.24, 2.45) is 0 Å². The lowest BCUT2D eigenvalue weighted by atomic mass is 10.1. The smallest absolute Gasteiger partial charge is 0.335 e. The van der Waals surface area contributed by atoms with Gasteiger partial charge in [0.1, 0.15) is 5.82 Å². The van der Waals surface area contributed by atoms with Crippen LogP contribution < -0.4 is 0 Å². The van der Waals surface area contributed by atoms with E-state index in [9.17, 15) is 4.79 Å². The van der Waals surface area contributed by atoms with Gasteiger partial charge in [-0.25, -0.2) is 14.8 Å². The number of nitrogens with one attached hydrogen (secondary N) is 1. The van der Waals surface area contributed by atoms with E-state index in [0.717, 1.165) is 16.8 Å². The van der Waals surface area contributed by atoms with Crippen molar-refractivity contribution < 1.29 is 9.90 Å². The van der Waals surface area contributed by atoms with Gasteiger partial charge in [-0.2, -0.15) is 0 Å². The molecule has 94 valence electrons. The summed E-state index contributed by atoms with van der Waals surface area (Å²) in [4.78, 5) is 22.7. The number of benzene rings is 1. The quantitative estimate of drug-likeness (QED) is 0.735. The summed E-state index contributed by atoms with van der Waals surface area (Å²) in [5.74, 6) is -0.251. The highest BCUT2D eigenvalue weighted by atomic mass is 16.4. The Labute approximate surface area is 109 Å². The lowest BCUT2D eigenvalue weighted by Crippen LogP contribution is -1.95. The topological polar surface area (TPSA) is 78.9 Å². The maximum atomic E-state index is 10.8. The molecule has 0 unspecified atom stereocenters. The van der Waals surface area contributed by atoms with E-state index in [2.05, 4.69) is 15.0 Å². The lowest BCUT2D eigenvalue weighted by Gasteiger charge is -1.97. The van der Waals surface area contributed by atoms with Crippen LogP contribution in [0.5, 0.6) is 0 Å². The molecule has 2 N–H and O–H groups in total. The van der Waals surface area contributed by atoms with Gasteiger partial charge in [0.25, 0.3) is 0 Å². The number of imidazole rings is 1. The Hall–Kier alpha value is -2.69. The van der Waals surface area contributed by atoms with Gasteiger partial charge in [-0.3, -0.25) is 0 Å². The van der Waals surface area contributed by atoms with Gasteiger partial charge in [-0.1, -0.05) is 12.1 Å². The molecule has 0 aliphatic carbocycles. The molecule has 0 spiro atoms. The van der Waals surface area contributed by atoms with E-state index in [4.69, 9.17) is 5.11 Å². The molecule has 0 saturated carbocycles. The van der Waals surface area contributed by atoms with Gasteiger partial charge in [0.15, 0.2) is 5.65 Å². The van der Waals surface area contributed by atoms with E-state index in [-0.39, 0.29) is 5.56 Å². The van der Waals surface area contributed by atoms with E-state index in [1.807, 2.05) is 19.1 Å². The van der Waals surface area contributed by atoms with Gasteiger partial charge in [-0.05, 0) is 31.2 Å². The SMILES string of the molecule is Cc1ccc2[nH]c(-c3ccc(C(=O)O)cc3)nc2n1. The van der Waals surface area contributed by atoms with Crippen molar-refractivity contribution in [3.63, 3.8) is 0 Å². The molecule has 0 saturated heterocycles. The number of pyridine rings is 1. The summed E-state index contributed by atoms with van der Waals surface area (Å²) < 4.78 is 0. The van der Waals surface area contributed by atoms with Crippen LogP contribution in [0.25, 0.3) is 22.6 Å². The van der Waals surface area contributed by atoms with Crippen LogP contribution in [0.3, 0.4) is 0 Å². The van der Waals surface area contributed by atoms with Crippen molar-refractivity contribution in [2.45, 2.75) is 6.92 Å². The number of aromatic nitrogens is 3. The van der Waals surface area contributed by atoms with E-state index in [1.54, 1.807) is 24.3 Å². The van der Waals surface area contributed by atoms with Crippen LogP contribution in [-0.4, -0.2) is 26.0 Å². The molecule has 0 fully saturated rings. The minimum atomic E-state index is -0.937. The number of carbonyl (C=O) groups is 1. The zero-order chi connectivity index (χ0) is 13.4. The maximum Gasteiger partial charge on any atom is 0.335 e. The maximum absolute atomic E-state index is 10.8. The predicted molar refractivity (Wildman–Crippen MR) is 71.0 cm³/mol. The third-order valence-corrected chi connectivity index (χ3v) is 2.89. The summed E-state index contributed by atoms with van der Waals surface area (Å²) in [6, 6.07) is 10.4. The average molecular weight is 253 g/mol. The van der Waals surface area contributed by atoms with Crippen LogP contribution in [0, 0.1) is 6.92 Å². The number of aromatic amines is 1. The van der Waals surface area contributed by atoms with E-state index in [0.29, 0.717) is 11.5 Å². The van der Waals surface area contributed by atoms with Crippen molar-refractivity contribution in [3.8, 4) is 11.4 Å². The fourth-order valence-corrected chi connectivity index (χ4v) is 1.89. The third-order valence-electron chi connectivity index (χ3n) is 2.89. The third kappa shape index (κ3) is 2.06. The Morgan fingerprint density at radius 3 is 2.53 bits per heavy atom. The number of nitrogens with zero attached hydrogens (tertiary/aromatic N) is 2. The summed E-state index contributed by atoms with van der Waals surface area (Å²) in [5.41, 5.74) is 3.53. The molecule has 19 heavy (non-hydrogen) atoms. The number of aromatic carboxylic acids is 1. The second kappa shape index (κ2) is 4.20. The summed E-state index contributed by atoms with van der Waals surface area (Å²) in [5, 5.41) is 8.86. The molecule has 0 aliphatic heterocycles. The molecular weight excluding hydrogens is 242 g/mol. The largest absolute Gasteiger partial charge is 0.478 e. The molecule has 0 radical (unpaired) electrons. The number of aryl methyl sites for hydroxylation is 1. The molecule has 5 nitrogen and oxygen atoms in total. The van der Waals surface area contributed by atoms with Crippen LogP contribution in [0.2, 0.25) is 0 Å². The summed E-state index contributed by atoms with van der Waals surface area (Å²) in [6.07, 6.45) is 0.